The van der Waals surface area contributed by atoms with Gasteiger partial charge in [0.2, 0.25) is 10.0 Å². The van der Waals surface area contributed by atoms with Crippen molar-refractivity contribution in [3.63, 3.8) is 0 Å². The molecule has 5 nitrogen and oxygen atoms in total. The Morgan fingerprint density at radius 2 is 1.72 bits per heavy atom. The smallest absolute Gasteiger partial charge is 0.249 e. The average molecular weight is 364 g/mol. The lowest BCUT2D eigenvalue weighted by atomic mass is 10.1. The fourth-order valence-electron chi connectivity index (χ4n) is 2.95. The van der Waals surface area contributed by atoms with Gasteiger partial charge in [-0.3, -0.25) is 0 Å². The molecule has 0 aromatic heterocycles. The monoisotopic (exact) mass is 364 g/mol. The first-order chi connectivity index (χ1) is 11.9. The second kappa shape index (κ2) is 7.11. The highest BCUT2D eigenvalue weighted by molar-refractivity contribution is 7.89. The molecule has 0 atom stereocenters. The van der Waals surface area contributed by atoms with Crippen LogP contribution in [0.25, 0.3) is 0 Å². The Morgan fingerprint density at radius 3 is 2.36 bits per heavy atom. The van der Waals surface area contributed by atoms with Crippen LogP contribution in [0.2, 0.25) is 0 Å². The van der Waals surface area contributed by atoms with Gasteiger partial charge in [-0.2, -0.15) is 4.31 Å². The van der Waals surface area contributed by atoms with Gasteiger partial charge >= 0.3 is 0 Å². The molecule has 0 aliphatic carbocycles. The first kappa shape index (κ1) is 17.8. The van der Waals surface area contributed by atoms with E-state index in [0.717, 1.165) is 17.2 Å². The number of halogens is 1. The van der Waals surface area contributed by atoms with E-state index in [4.69, 9.17) is 4.74 Å². The van der Waals surface area contributed by atoms with E-state index in [1.54, 1.807) is 12.1 Å². The zero-order valence-corrected chi connectivity index (χ0v) is 15.1. The molecule has 0 saturated carbocycles. The highest BCUT2D eigenvalue weighted by atomic mass is 32.2. The molecule has 1 fully saturated rings. The van der Waals surface area contributed by atoms with E-state index in [1.165, 1.54) is 16.4 Å². The van der Waals surface area contributed by atoms with Crippen molar-refractivity contribution in [2.45, 2.75) is 18.7 Å². The zero-order valence-electron chi connectivity index (χ0n) is 14.3. The molecule has 7 heteroatoms. The van der Waals surface area contributed by atoms with Gasteiger partial charge in [0.15, 0.2) is 10.6 Å². The Morgan fingerprint density at radius 1 is 1.08 bits per heavy atom. The van der Waals surface area contributed by atoms with Crippen LogP contribution in [-0.4, -0.2) is 38.9 Å². The number of benzene rings is 2. The fourth-order valence-corrected chi connectivity index (χ4v) is 4.55. The van der Waals surface area contributed by atoms with Gasteiger partial charge in [-0.15, -0.1) is 0 Å². The zero-order chi connectivity index (χ0) is 18.0. The van der Waals surface area contributed by atoms with Crippen molar-refractivity contribution in [2.24, 2.45) is 0 Å². The number of rotatable bonds is 4. The van der Waals surface area contributed by atoms with Crippen LogP contribution in [0, 0.1) is 19.7 Å². The number of nitrogens with zero attached hydrogens (tertiary/aromatic N) is 1. The summed E-state index contributed by atoms with van der Waals surface area (Å²) in [7, 11) is -3.97. The highest BCUT2D eigenvalue weighted by Crippen LogP contribution is 2.33. The average Bonchev–Trinajstić information content (AvgIpc) is 2.54. The molecule has 134 valence electrons. The molecule has 25 heavy (non-hydrogen) atoms. The number of piperazine rings is 1. The molecule has 1 N–H and O–H groups in total. The second-order valence-electron chi connectivity index (χ2n) is 6.15. The minimum Gasteiger partial charge on any atom is -0.456 e. The summed E-state index contributed by atoms with van der Waals surface area (Å²) >= 11 is 0. The third-order valence-corrected chi connectivity index (χ3v) is 5.98. The van der Waals surface area contributed by atoms with Crippen molar-refractivity contribution in [1.29, 1.82) is 0 Å². The lowest BCUT2D eigenvalue weighted by molar-refractivity contribution is 0.355. The lowest BCUT2D eigenvalue weighted by Gasteiger charge is -2.27. The third kappa shape index (κ3) is 3.84. The van der Waals surface area contributed by atoms with Crippen LogP contribution >= 0.6 is 0 Å². The highest BCUT2D eigenvalue weighted by Gasteiger charge is 2.32. The van der Waals surface area contributed by atoms with Crippen molar-refractivity contribution >= 4 is 10.0 Å². The summed E-state index contributed by atoms with van der Waals surface area (Å²) in [5.41, 5.74) is 1.97. The van der Waals surface area contributed by atoms with Crippen LogP contribution < -0.4 is 10.1 Å². The molecule has 0 spiro atoms. The maximum atomic E-state index is 14.5. The quantitative estimate of drug-likeness (QED) is 0.906. The Balaban J connectivity index is 2.02. The number of aryl methyl sites for hydroxylation is 2. The second-order valence-corrected chi connectivity index (χ2v) is 8.02. The van der Waals surface area contributed by atoms with E-state index in [-0.39, 0.29) is 5.75 Å². The number of hydrogen-bond donors (Lipinski definition) is 1. The van der Waals surface area contributed by atoms with Gasteiger partial charge < -0.3 is 10.1 Å². The van der Waals surface area contributed by atoms with Crippen LogP contribution in [0.4, 0.5) is 4.39 Å². The Labute approximate surface area is 147 Å². The molecule has 3 rings (SSSR count). The normalized spacial score (nSPS) is 16.0. The molecule has 2 aromatic carbocycles. The molecule has 2 aromatic rings. The van der Waals surface area contributed by atoms with Crippen LogP contribution in [0.5, 0.6) is 11.5 Å². The molecular weight excluding hydrogens is 343 g/mol. The first-order valence-electron chi connectivity index (χ1n) is 8.13. The van der Waals surface area contributed by atoms with Crippen molar-refractivity contribution in [3.8, 4) is 11.5 Å². The number of nitrogens with one attached hydrogen (secondary N) is 1. The number of ether oxygens (including phenoxy) is 1. The van der Waals surface area contributed by atoms with Gasteiger partial charge in [0.1, 0.15) is 11.6 Å². The topological polar surface area (TPSA) is 58.6 Å². The van der Waals surface area contributed by atoms with Gasteiger partial charge in [-0.25, -0.2) is 12.8 Å². The van der Waals surface area contributed by atoms with Crippen molar-refractivity contribution in [3.05, 3.63) is 53.3 Å². The lowest BCUT2D eigenvalue weighted by Crippen LogP contribution is -2.46. The molecule has 0 radical (unpaired) electrons. The summed E-state index contributed by atoms with van der Waals surface area (Å²) < 4.78 is 47.4. The third-order valence-electron chi connectivity index (χ3n) is 4.03. The maximum absolute atomic E-state index is 14.5. The van der Waals surface area contributed by atoms with Crippen LogP contribution in [-0.2, 0) is 10.0 Å². The van der Waals surface area contributed by atoms with E-state index in [9.17, 15) is 12.8 Å². The minimum atomic E-state index is -3.97. The van der Waals surface area contributed by atoms with E-state index < -0.39 is 20.7 Å². The predicted molar refractivity (Wildman–Crippen MR) is 94.0 cm³/mol. The molecule has 0 unspecified atom stereocenters. The summed E-state index contributed by atoms with van der Waals surface area (Å²) in [5, 5.41) is 3.09. The molecule has 1 aliphatic heterocycles. The summed E-state index contributed by atoms with van der Waals surface area (Å²) in [6.07, 6.45) is 0. The number of hydrogen-bond acceptors (Lipinski definition) is 4. The van der Waals surface area contributed by atoms with E-state index in [0.29, 0.717) is 31.9 Å². The van der Waals surface area contributed by atoms with Crippen LogP contribution in [0.1, 0.15) is 11.1 Å². The van der Waals surface area contributed by atoms with E-state index in [2.05, 4.69) is 5.32 Å². The molecule has 1 saturated heterocycles. The molecular formula is C18H21FN2O3S. The maximum Gasteiger partial charge on any atom is 0.249 e. The summed E-state index contributed by atoms with van der Waals surface area (Å²) in [4.78, 5) is -0.406. The standard InChI is InChI=1S/C18H21FN2O3S/c1-13-10-14(2)12-15(11-13)24-17-5-3-4-16(19)18(17)25(22,23)21-8-6-20-7-9-21/h3-5,10-12,20H,6-9H2,1-2H3. The molecule has 0 bridgehead atoms. The van der Waals surface area contributed by atoms with Gasteiger partial charge in [0, 0.05) is 26.2 Å². The van der Waals surface area contributed by atoms with Crippen LogP contribution in [0.15, 0.2) is 41.3 Å². The summed E-state index contributed by atoms with van der Waals surface area (Å²) in [6.45, 7) is 5.54. The van der Waals surface area contributed by atoms with E-state index in [1.807, 2.05) is 19.9 Å². The summed E-state index contributed by atoms with van der Waals surface area (Å²) in [5.74, 6) is -0.316. The Hall–Kier alpha value is -1.96. The van der Waals surface area contributed by atoms with Gasteiger partial charge in [-0.1, -0.05) is 12.1 Å². The largest absolute Gasteiger partial charge is 0.456 e. The van der Waals surface area contributed by atoms with Crippen molar-refractivity contribution < 1.29 is 17.5 Å². The summed E-state index contributed by atoms with van der Waals surface area (Å²) in [6, 6.07) is 9.64. The SMILES string of the molecule is Cc1cc(C)cc(Oc2cccc(F)c2S(=O)(=O)N2CCNCC2)c1. The first-order valence-corrected chi connectivity index (χ1v) is 9.57. The Kier molecular flexibility index (Phi) is 5.08. The van der Waals surface area contributed by atoms with Crippen molar-refractivity contribution in [2.75, 3.05) is 26.2 Å². The molecule has 0 amide bonds. The minimum absolute atomic E-state index is 0.00327. The predicted octanol–water partition coefficient (Wildman–Crippen LogP) is 2.83. The van der Waals surface area contributed by atoms with Gasteiger partial charge in [0.05, 0.1) is 0 Å². The van der Waals surface area contributed by atoms with Gasteiger partial charge in [-0.05, 0) is 49.2 Å². The number of sulfonamides is 1. The Bertz CT molecular complexity index is 858. The molecule has 1 aliphatic rings. The van der Waals surface area contributed by atoms with Crippen molar-refractivity contribution in [1.82, 2.24) is 9.62 Å². The molecule has 1 heterocycles. The fraction of sp³-hybridized carbons (Fsp3) is 0.333. The van der Waals surface area contributed by atoms with Crippen LogP contribution in [0.3, 0.4) is 0 Å². The van der Waals surface area contributed by atoms with E-state index >= 15 is 0 Å². The van der Waals surface area contributed by atoms with Gasteiger partial charge in [0.25, 0.3) is 0 Å².